The van der Waals surface area contributed by atoms with Gasteiger partial charge < -0.3 is 15.4 Å². The molecule has 2 rings (SSSR count). The summed E-state index contributed by atoms with van der Waals surface area (Å²) in [4.78, 5) is 25.0. The maximum atomic E-state index is 12.6. The summed E-state index contributed by atoms with van der Waals surface area (Å²) in [6.07, 6.45) is 0.432. The molecule has 2 amide bonds. The van der Waals surface area contributed by atoms with Crippen molar-refractivity contribution in [3.05, 3.63) is 34.9 Å². The van der Waals surface area contributed by atoms with E-state index < -0.39 is 22.0 Å². The average molecular weight is 446 g/mol. The van der Waals surface area contributed by atoms with E-state index in [0.29, 0.717) is 43.3 Å². The second-order valence-corrected chi connectivity index (χ2v) is 9.81. The van der Waals surface area contributed by atoms with Crippen molar-refractivity contribution in [3.8, 4) is 0 Å². The fraction of sp³-hybridized carbons (Fsp3) is 0.579. The molecule has 1 aromatic carbocycles. The van der Waals surface area contributed by atoms with Gasteiger partial charge in [-0.2, -0.15) is 4.31 Å². The first-order chi connectivity index (χ1) is 13.7. The van der Waals surface area contributed by atoms with Crippen molar-refractivity contribution in [3.63, 3.8) is 0 Å². The van der Waals surface area contributed by atoms with E-state index in [1.807, 2.05) is 13.8 Å². The molecule has 1 unspecified atom stereocenters. The SMILES string of the molecule is CC(C)CC(NC(=O)c1ccc(Cl)cc1)C(=O)NCCS(=O)(=O)N1CCOCC1. The number of nitrogens with one attached hydrogen (secondary N) is 2. The maximum Gasteiger partial charge on any atom is 0.251 e. The minimum Gasteiger partial charge on any atom is -0.379 e. The molecule has 1 saturated heterocycles. The number of nitrogens with zero attached hydrogens (tertiary/aromatic N) is 1. The van der Waals surface area contributed by atoms with Crippen LogP contribution < -0.4 is 10.6 Å². The third-order valence-electron chi connectivity index (χ3n) is 4.46. The number of benzene rings is 1. The second kappa shape index (κ2) is 10.9. The molecule has 1 heterocycles. The van der Waals surface area contributed by atoms with Crippen LogP contribution >= 0.6 is 11.6 Å². The lowest BCUT2D eigenvalue weighted by molar-refractivity contribution is -0.123. The minimum atomic E-state index is -3.46. The van der Waals surface area contributed by atoms with Crippen LogP contribution in [0.5, 0.6) is 0 Å². The lowest BCUT2D eigenvalue weighted by Gasteiger charge is -2.26. The zero-order valence-electron chi connectivity index (χ0n) is 16.7. The highest BCUT2D eigenvalue weighted by molar-refractivity contribution is 7.89. The van der Waals surface area contributed by atoms with Crippen molar-refractivity contribution in [1.82, 2.24) is 14.9 Å². The number of ether oxygens (including phenoxy) is 1. The number of hydrogen-bond donors (Lipinski definition) is 2. The zero-order valence-corrected chi connectivity index (χ0v) is 18.3. The van der Waals surface area contributed by atoms with Crippen LogP contribution in [0.15, 0.2) is 24.3 Å². The molecular weight excluding hydrogens is 418 g/mol. The fourth-order valence-electron chi connectivity index (χ4n) is 2.93. The van der Waals surface area contributed by atoms with Gasteiger partial charge in [0.2, 0.25) is 15.9 Å². The molecule has 1 aromatic rings. The molecule has 1 aliphatic heterocycles. The monoisotopic (exact) mass is 445 g/mol. The first-order valence-corrected chi connectivity index (χ1v) is 11.6. The van der Waals surface area contributed by atoms with E-state index >= 15 is 0 Å². The van der Waals surface area contributed by atoms with Crippen molar-refractivity contribution in [1.29, 1.82) is 0 Å². The van der Waals surface area contributed by atoms with Gasteiger partial charge in [-0.3, -0.25) is 9.59 Å². The topological polar surface area (TPSA) is 105 Å². The summed E-state index contributed by atoms with van der Waals surface area (Å²) in [5.41, 5.74) is 0.394. The second-order valence-electron chi connectivity index (χ2n) is 7.28. The lowest BCUT2D eigenvalue weighted by atomic mass is 10.0. The molecule has 0 saturated carbocycles. The van der Waals surface area contributed by atoms with E-state index in [0.717, 1.165) is 0 Å². The highest BCUT2D eigenvalue weighted by Gasteiger charge is 2.26. The van der Waals surface area contributed by atoms with Gasteiger partial charge in [0.05, 0.1) is 19.0 Å². The number of rotatable bonds is 9. The van der Waals surface area contributed by atoms with Crippen LogP contribution in [0.25, 0.3) is 0 Å². The molecule has 8 nitrogen and oxygen atoms in total. The van der Waals surface area contributed by atoms with E-state index in [4.69, 9.17) is 16.3 Å². The summed E-state index contributed by atoms with van der Waals surface area (Å²) in [6.45, 7) is 5.25. The minimum absolute atomic E-state index is 0.0239. The van der Waals surface area contributed by atoms with E-state index in [9.17, 15) is 18.0 Å². The van der Waals surface area contributed by atoms with Gasteiger partial charge in [-0.05, 0) is 36.6 Å². The average Bonchev–Trinajstić information content (AvgIpc) is 2.68. The molecule has 1 aliphatic rings. The van der Waals surface area contributed by atoms with Gasteiger partial charge in [0, 0.05) is 30.2 Å². The Morgan fingerprint density at radius 2 is 1.79 bits per heavy atom. The number of sulfonamides is 1. The quantitative estimate of drug-likeness (QED) is 0.595. The summed E-state index contributed by atoms with van der Waals surface area (Å²) < 4.78 is 31.2. The Morgan fingerprint density at radius 3 is 2.38 bits per heavy atom. The molecule has 0 aromatic heterocycles. The standard InChI is InChI=1S/C19H28ClN3O5S/c1-14(2)13-17(22-18(24)15-3-5-16(20)6-4-15)19(25)21-7-12-29(26,27)23-8-10-28-11-9-23/h3-6,14,17H,7-13H2,1-2H3,(H,21,25)(H,22,24). The van der Waals surface area contributed by atoms with Crippen molar-refractivity contribution in [2.45, 2.75) is 26.3 Å². The van der Waals surface area contributed by atoms with Gasteiger partial charge in [0.1, 0.15) is 6.04 Å². The van der Waals surface area contributed by atoms with E-state index in [2.05, 4.69) is 10.6 Å². The number of morpholine rings is 1. The van der Waals surface area contributed by atoms with E-state index in [1.165, 1.54) is 4.31 Å². The molecule has 162 valence electrons. The van der Waals surface area contributed by atoms with Gasteiger partial charge in [0.15, 0.2) is 0 Å². The highest BCUT2D eigenvalue weighted by atomic mass is 35.5. The van der Waals surface area contributed by atoms with Crippen molar-refractivity contribution in [2.75, 3.05) is 38.6 Å². The van der Waals surface area contributed by atoms with Crippen LogP contribution in [-0.2, 0) is 19.6 Å². The molecule has 10 heteroatoms. The van der Waals surface area contributed by atoms with Crippen LogP contribution in [-0.4, -0.2) is 69.2 Å². The summed E-state index contributed by atoms with van der Waals surface area (Å²) in [7, 11) is -3.46. The van der Waals surface area contributed by atoms with Gasteiger partial charge in [-0.15, -0.1) is 0 Å². The predicted octanol–water partition coefficient (Wildman–Crippen LogP) is 1.26. The molecule has 1 atom stereocenters. The molecule has 0 spiro atoms. The molecule has 1 fully saturated rings. The Kier molecular flexibility index (Phi) is 8.88. The summed E-state index contributed by atoms with van der Waals surface area (Å²) in [6, 6.07) is 5.60. The summed E-state index contributed by atoms with van der Waals surface area (Å²) >= 11 is 5.84. The molecule has 0 radical (unpaired) electrons. The maximum absolute atomic E-state index is 12.6. The zero-order chi connectivity index (χ0) is 21.4. The fourth-order valence-corrected chi connectivity index (χ4v) is 4.38. The smallest absolute Gasteiger partial charge is 0.251 e. The first kappa shape index (κ1) is 23.6. The Balaban J connectivity index is 1.92. The highest BCUT2D eigenvalue weighted by Crippen LogP contribution is 2.11. The van der Waals surface area contributed by atoms with Crippen LogP contribution in [0, 0.1) is 5.92 Å². The van der Waals surface area contributed by atoms with Crippen LogP contribution in [0.1, 0.15) is 30.6 Å². The predicted molar refractivity (Wildman–Crippen MR) is 111 cm³/mol. The van der Waals surface area contributed by atoms with Gasteiger partial charge in [0.25, 0.3) is 5.91 Å². The van der Waals surface area contributed by atoms with E-state index in [-0.39, 0.29) is 24.1 Å². The normalized spacial score (nSPS) is 16.4. The van der Waals surface area contributed by atoms with Gasteiger partial charge in [-0.25, -0.2) is 8.42 Å². The number of amides is 2. The first-order valence-electron chi connectivity index (χ1n) is 9.59. The van der Waals surface area contributed by atoms with Crippen LogP contribution in [0.3, 0.4) is 0 Å². The molecular formula is C19H28ClN3O5S. The van der Waals surface area contributed by atoms with Gasteiger partial charge in [-0.1, -0.05) is 25.4 Å². The Bertz CT molecular complexity index is 793. The van der Waals surface area contributed by atoms with Crippen molar-refractivity contribution >= 4 is 33.4 Å². The molecule has 29 heavy (non-hydrogen) atoms. The third-order valence-corrected chi connectivity index (χ3v) is 6.58. The Labute approximate surface area is 177 Å². The Morgan fingerprint density at radius 1 is 1.17 bits per heavy atom. The molecule has 0 aliphatic carbocycles. The molecule has 0 bridgehead atoms. The van der Waals surface area contributed by atoms with Crippen LogP contribution in [0.4, 0.5) is 0 Å². The summed E-state index contributed by atoms with van der Waals surface area (Å²) in [5.74, 6) is -0.826. The van der Waals surface area contributed by atoms with Crippen molar-refractivity contribution in [2.24, 2.45) is 5.92 Å². The number of carbonyl (C=O) groups is 2. The van der Waals surface area contributed by atoms with Crippen molar-refractivity contribution < 1.29 is 22.7 Å². The Hall–Kier alpha value is -1.68. The number of hydrogen-bond acceptors (Lipinski definition) is 5. The van der Waals surface area contributed by atoms with Gasteiger partial charge >= 0.3 is 0 Å². The summed E-state index contributed by atoms with van der Waals surface area (Å²) in [5, 5.41) is 5.88. The number of carbonyl (C=O) groups excluding carboxylic acids is 2. The van der Waals surface area contributed by atoms with E-state index in [1.54, 1.807) is 24.3 Å². The third kappa shape index (κ3) is 7.58. The van der Waals surface area contributed by atoms with Crippen LogP contribution in [0.2, 0.25) is 5.02 Å². The lowest BCUT2D eigenvalue weighted by Crippen LogP contribution is -2.49. The largest absolute Gasteiger partial charge is 0.379 e. The number of halogens is 1. The molecule has 2 N–H and O–H groups in total.